The van der Waals surface area contributed by atoms with Gasteiger partial charge in [0, 0.05) is 0 Å². The topological polar surface area (TPSA) is 84.9 Å². The van der Waals surface area contributed by atoms with Crippen LogP contribution in [-0.2, 0) is 9.53 Å². The van der Waals surface area contributed by atoms with Gasteiger partial charge in [0.15, 0.2) is 6.10 Å². The highest BCUT2D eigenvalue weighted by atomic mass is 16.6. The molecule has 0 radical (unpaired) electrons. The van der Waals surface area contributed by atoms with Gasteiger partial charge in [0.1, 0.15) is 5.75 Å². The number of aliphatic hydroxyl groups is 1. The van der Waals surface area contributed by atoms with E-state index < -0.39 is 24.2 Å². The zero-order valence-electron chi connectivity index (χ0n) is 12.5. The van der Waals surface area contributed by atoms with Crippen LogP contribution in [0.5, 0.6) is 5.75 Å². The van der Waals surface area contributed by atoms with E-state index in [9.17, 15) is 14.7 Å². The first kappa shape index (κ1) is 16.5. The summed E-state index contributed by atoms with van der Waals surface area (Å²) in [5.41, 5.74) is 0.551. The van der Waals surface area contributed by atoms with Crippen LogP contribution in [0.25, 0.3) is 0 Å². The molecular formula is C17H17NO5. The molecule has 0 aliphatic heterocycles. The second-order valence-electron chi connectivity index (χ2n) is 4.70. The number of carbonyl (C=O) groups is 2. The van der Waals surface area contributed by atoms with Crippen molar-refractivity contribution < 1.29 is 24.2 Å². The Balaban J connectivity index is 2.14. The summed E-state index contributed by atoms with van der Waals surface area (Å²) < 4.78 is 9.65. The van der Waals surface area contributed by atoms with Gasteiger partial charge in [0.05, 0.1) is 13.2 Å². The molecule has 2 atom stereocenters. The van der Waals surface area contributed by atoms with Crippen LogP contribution in [0.3, 0.4) is 0 Å². The molecule has 2 N–H and O–H groups in total. The maximum Gasteiger partial charge on any atom is 0.413 e. The lowest BCUT2D eigenvalue weighted by Crippen LogP contribution is -2.42. The monoisotopic (exact) mass is 315 g/mol. The van der Waals surface area contributed by atoms with Crippen molar-refractivity contribution in [3.05, 3.63) is 66.2 Å². The third-order valence-electron chi connectivity index (χ3n) is 3.14. The molecule has 23 heavy (non-hydrogen) atoms. The second kappa shape index (κ2) is 7.95. The molecule has 6 nitrogen and oxygen atoms in total. The molecule has 6 heteroatoms. The standard InChI is InChI=1S/C17H17NO5/c1-22-16(20)15(19)14(12-8-4-2-5-9-12)18-17(21)23-13-10-6-3-7-11-13/h2-11,14-15,19H,1H3,(H,18,21)/t14-,15+/m1/s1. The molecule has 0 bridgehead atoms. The number of aliphatic hydroxyl groups excluding tert-OH is 1. The fraction of sp³-hybridized carbons (Fsp3) is 0.176. The van der Waals surface area contributed by atoms with Crippen LogP contribution in [0.4, 0.5) is 4.79 Å². The summed E-state index contributed by atoms with van der Waals surface area (Å²) in [6.45, 7) is 0. The van der Waals surface area contributed by atoms with Crippen molar-refractivity contribution in [2.45, 2.75) is 12.1 Å². The zero-order valence-corrected chi connectivity index (χ0v) is 12.5. The molecule has 0 saturated carbocycles. The molecule has 0 saturated heterocycles. The Hall–Kier alpha value is -2.86. The lowest BCUT2D eigenvalue weighted by Gasteiger charge is -2.22. The molecule has 0 aliphatic rings. The minimum atomic E-state index is -1.55. The fourth-order valence-electron chi connectivity index (χ4n) is 2.01. The van der Waals surface area contributed by atoms with Gasteiger partial charge in [-0.2, -0.15) is 0 Å². The molecule has 0 aromatic heterocycles. The summed E-state index contributed by atoms with van der Waals surface area (Å²) in [6, 6.07) is 16.1. The number of benzene rings is 2. The summed E-state index contributed by atoms with van der Waals surface area (Å²) >= 11 is 0. The second-order valence-corrected chi connectivity index (χ2v) is 4.70. The Kier molecular flexibility index (Phi) is 5.71. The molecule has 0 fully saturated rings. The van der Waals surface area contributed by atoms with Crippen molar-refractivity contribution in [1.82, 2.24) is 5.32 Å². The van der Waals surface area contributed by atoms with Crippen LogP contribution < -0.4 is 10.1 Å². The number of methoxy groups -OCH3 is 1. The smallest absolute Gasteiger partial charge is 0.413 e. The van der Waals surface area contributed by atoms with Gasteiger partial charge >= 0.3 is 12.1 Å². The van der Waals surface area contributed by atoms with E-state index in [1.54, 1.807) is 60.7 Å². The van der Waals surface area contributed by atoms with Gasteiger partial charge in [-0.3, -0.25) is 0 Å². The van der Waals surface area contributed by atoms with E-state index in [1.165, 1.54) is 0 Å². The fourth-order valence-corrected chi connectivity index (χ4v) is 2.01. The number of rotatable bonds is 5. The number of ether oxygens (including phenoxy) is 2. The minimum absolute atomic E-state index is 0.351. The first-order chi connectivity index (χ1) is 11.1. The lowest BCUT2D eigenvalue weighted by atomic mass is 10.0. The van der Waals surface area contributed by atoms with Crippen molar-refractivity contribution >= 4 is 12.1 Å². The van der Waals surface area contributed by atoms with Crippen LogP contribution in [0, 0.1) is 0 Å². The summed E-state index contributed by atoms with van der Waals surface area (Å²) in [5, 5.41) is 12.6. The average Bonchev–Trinajstić information content (AvgIpc) is 2.60. The predicted octanol–water partition coefficient (Wildman–Crippen LogP) is 2.05. The number of esters is 1. The van der Waals surface area contributed by atoms with Gasteiger partial charge in [0.25, 0.3) is 0 Å². The van der Waals surface area contributed by atoms with Crippen molar-refractivity contribution in [3.63, 3.8) is 0 Å². The molecule has 2 rings (SSSR count). The first-order valence-corrected chi connectivity index (χ1v) is 6.96. The van der Waals surface area contributed by atoms with Crippen LogP contribution in [0.2, 0.25) is 0 Å². The number of hydrogen-bond donors (Lipinski definition) is 2. The van der Waals surface area contributed by atoms with Gasteiger partial charge in [0.2, 0.25) is 0 Å². The zero-order chi connectivity index (χ0) is 16.7. The Morgan fingerprint density at radius 2 is 1.57 bits per heavy atom. The van der Waals surface area contributed by atoms with Crippen molar-refractivity contribution in [3.8, 4) is 5.75 Å². The number of nitrogens with one attached hydrogen (secondary N) is 1. The van der Waals surface area contributed by atoms with E-state index in [4.69, 9.17) is 4.74 Å². The average molecular weight is 315 g/mol. The molecular weight excluding hydrogens is 298 g/mol. The van der Waals surface area contributed by atoms with Gasteiger partial charge in [-0.1, -0.05) is 48.5 Å². The molecule has 1 amide bonds. The highest BCUT2D eigenvalue weighted by Crippen LogP contribution is 2.18. The maximum atomic E-state index is 12.0. The van der Waals surface area contributed by atoms with Crippen molar-refractivity contribution in [2.75, 3.05) is 7.11 Å². The van der Waals surface area contributed by atoms with Crippen LogP contribution in [0.15, 0.2) is 60.7 Å². The van der Waals surface area contributed by atoms with E-state index in [-0.39, 0.29) is 0 Å². The van der Waals surface area contributed by atoms with E-state index in [0.29, 0.717) is 11.3 Å². The summed E-state index contributed by atoms with van der Waals surface area (Å²) in [4.78, 5) is 23.6. The van der Waals surface area contributed by atoms with E-state index in [0.717, 1.165) is 7.11 Å². The Morgan fingerprint density at radius 1 is 1.00 bits per heavy atom. The number of para-hydroxylation sites is 1. The van der Waals surface area contributed by atoms with Gasteiger partial charge in [-0.25, -0.2) is 9.59 Å². The third kappa shape index (κ3) is 4.55. The summed E-state index contributed by atoms with van der Waals surface area (Å²) in [5.74, 6) is -0.497. The van der Waals surface area contributed by atoms with E-state index in [2.05, 4.69) is 10.1 Å². The van der Waals surface area contributed by atoms with Crippen LogP contribution in [-0.4, -0.2) is 30.4 Å². The molecule has 0 unspecified atom stereocenters. The SMILES string of the molecule is COC(=O)[C@@H](O)[C@H](NC(=O)Oc1ccccc1)c1ccccc1. The Morgan fingerprint density at radius 3 is 2.13 bits per heavy atom. The number of amides is 1. The minimum Gasteiger partial charge on any atom is -0.467 e. The van der Waals surface area contributed by atoms with Crippen LogP contribution in [0.1, 0.15) is 11.6 Å². The van der Waals surface area contributed by atoms with Gasteiger partial charge < -0.3 is 19.9 Å². The number of hydrogen-bond acceptors (Lipinski definition) is 5. The molecule has 2 aromatic carbocycles. The lowest BCUT2D eigenvalue weighted by molar-refractivity contribution is -0.152. The van der Waals surface area contributed by atoms with Crippen molar-refractivity contribution in [2.24, 2.45) is 0 Å². The van der Waals surface area contributed by atoms with E-state index >= 15 is 0 Å². The molecule has 0 heterocycles. The third-order valence-corrected chi connectivity index (χ3v) is 3.14. The van der Waals surface area contributed by atoms with Crippen LogP contribution >= 0.6 is 0 Å². The number of carbonyl (C=O) groups excluding carboxylic acids is 2. The maximum absolute atomic E-state index is 12.0. The normalized spacial score (nSPS) is 12.8. The van der Waals surface area contributed by atoms with Gasteiger partial charge in [-0.05, 0) is 17.7 Å². The van der Waals surface area contributed by atoms with Crippen molar-refractivity contribution in [1.29, 1.82) is 0 Å². The highest BCUT2D eigenvalue weighted by molar-refractivity contribution is 5.78. The quantitative estimate of drug-likeness (QED) is 0.825. The molecule has 0 aliphatic carbocycles. The Labute approximate surface area is 133 Å². The highest BCUT2D eigenvalue weighted by Gasteiger charge is 2.30. The molecule has 0 spiro atoms. The first-order valence-electron chi connectivity index (χ1n) is 6.96. The summed E-state index contributed by atoms with van der Waals surface area (Å²) in [6.07, 6.45) is -2.33. The summed E-state index contributed by atoms with van der Waals surface area (Å²) in [7, 11) is 1.16. The van der Waals surface area contributed by atoms with E-state index in [1.807, 2.05) is 0 Å². The molecule has 120 valence electrons. The van der Waals surface area contributed by atoms with Gasteiger partial charge in [-0.15, -0.1) is 0 Å². The largest absolute Gasteiger partial charge is 0.467 e. The Bertz CT molecular complexity index is 645. The molecule has 2 aromatic rings. The predicted molar refractivity (Wildman–Crippen MR) is 82.8 cm³/mol.